The molecule has 0 aliphatic rings. The second-order valence-corrected chi connectivity index (χ2v) is 2.88. The van der Waals surface area contributed by atoms with Crippen LogP contribution in [0, 0.1) is 13.8 Å². The van der Waals surface area contributed by atoms with Crippen LogP contribution in [0.15, 0.2) is 9.90 Å². The van der Waals surface area contributed by atoms with Crippen molar-refractivity contribution in [2.75, 3.05) is 0 Å². The summed E-state index contributed by atoms with van der Waals surface area (Å²) in [5.74, 6) is 0.525. The molecule has 7 heteroatoms. The summed E-state index contributed by atoms with van der Waals surface area (Å²) in [6.07, 6.45) is 1.20. The minimum absolute atomic E-state index is 0.286. The number of nitrogens with two attached hydrogens (primary N) is 1. The fourth-order valence-electron chi connectivity index (χ4n) is 1.05. The number of carbonyl (C=O) groups excluding carboxylic acids is 1. The molecule has 4 N–H and O–H groups in total. The Bertz CT molecular complexity index is 463. The van der Waals surface area contributed by atoms with E-state index in [0.29, 0.717) is 11.5 Å². The van der Waals surface area contributed by atoms with E-state index in [9.17, 15) is 9.59 Å². The number of carbonyl (C=O) groups is 1. The van der Waals surface area contributed by atoms with E-state index in [1.165, 1.54) is 6.21 Å². The molecule has 0 saturated heterocycles. The molecule has 7 nitrogen and oxygen atoms in total. The molecule has 80 valence electrons. The summed E-state index contributed by atoms with van der Waals surface area (Å²) in [5.41, 5.74) is 7.29. The number of H-pyrrole nitrogens is 1. The molecule has 15 heavy (non-hydrogen) atoms. The highest BCUT2D eigenvalue weighted by molar-refractivity contribution is 5.82. The highest BCUT2D eigenvalue weighted by Crippen LogP contribution is 1.94. The molecule has 0 fully saturated rings. The maximum Gasteiger partial charge on any atom is 0.332 e. The van der Waals surface area contributed by atoms with Crippen LogP contribution in [0.5, 0.6) is 0 Å². The average molecular weight is 209 g/mol. The molecule has 0 spiro atoms. The van der Waals surface area contributed by atoms with Crippen molar-refractivity contribution in [3.63, 3.8) is 0 Å². The number of hydrazone groups is 1. The first-order chi connectivity index (χ1) is 7.00. The number of rotatable bonds is 2. The van der Waals surface area contributed by atoms with Crippen molar-refractivity contribution in [3.05, 3.63) is 27.4 Å². The smallest absolute Gasteiger partial charge is 0.332 e. The summed E-state index contributed by atoms with van der Waals surface area (Å²) in [7, 11) is 0. The molecule has 0 unspecified atom stereocenters. The van der Waals surface area contributed by atoms with Gasteiger partial charge in [0.05, 0.1) is 17.5 Å². The van der Waals surface area contributed by atoms with Gasteiger partial charge in [0.1, 0.15) is 5.82 Å². The number of nitrogens with zero attached hydrogens (tertiary/aromatic N) is 2. The Hall–Kier alpha value is -2.18. The van der Waals surface area contributed by atoms with Crippen LogP contribution < -0.4 is 16.7 Å². The van der Waals surface area contributed by atoms with E-state index in [1.807, 2.05) is 5.43 Å². The van der Waals surface area contributed by atoms with Crippen molar-refractivity contribution >= 4 is 12.2 Å². The Morgan fingerprint density at radius 1 is 1.60 bits per heavy atom. The van der Waals surface area contributed by atoms with Crippen molar-refractivity contribution in [2.45, 2.75) is 13.8 Å². The van der Waals surface area contributed by atoms with Crippen LogP contribution in [0.3, 0.4) is 0 Å². The Balaban J connectivity index is 3.00. The van der Waals surface area contributed by atoms with E-state index in [-0.39, 0.29) is 11.1 Å². The summed E-state index contributed by atoms with van der Waals surface area (Å²) < 4.78 is 0. The maximum absolute atomic E-state index is 11.4. The molecule has 0 aliphatic heterocycles. The van der Waals surface area contributed by atoms with Gasteiger partial charge in [-0.2, -0.15) is 5.10 Å². The largest absolute Gasteiger partial charge is 0.350 e. The highest BCUT2D eigenvalue weighted by atomic mass is 16.2. The Morgan fingerprint density at radius 3 is 2.80 bits per heavy atom. The third-order valence-corrected chi connectivity index (χ3v) is 1.63. The van der Waals surface area contributed by atoms with E-state index >= 15 is 0 Å². The number of hydrogen-bond donors (Lipinski definition) is 3. The predicted octanol–water partition coefficient (Wildman–Crippen LogP) is -0.611. The molecular formula is C8H11N5O2. The molecular weight excluding hydrogens is 198 g/mol. The zero-order valence-electron chi connectivity index (χ0n) is 8.37. The van der Waals surface area contributed by atoms with Crippen LogP contribution in [-0.2, 0) is 0 Å². The molecule has 2 amide bonds. The quantitative estimate of drug-likeness (QED) is 0.446. The second kappa shape index (κ2) is 4.36. The zero-order chi connectivity index (χ0) is 11.4. The fraction of sp³-hybridized carbons (Fsp3) is 0.250. The summed E-state index contributed by atoms with van der Waals surface area (Å²) in [6.45, 7) is 3.35. The first-order valence-electron chi connectivity index (χ1n) is 4.16. The summed E-state index contributed by atoms with van der Waals surface area (Å²) in [6, 6.07) is -0.791. The minimum atomic E-state index is -0.791. The van der Waals surface area contributed by atoms with Gasteiger partial charge in [0.25, 0.3) is 5.56 Å². The normalized spacial score (nSPS) is 10.5. The van der Waals surface area contributed by atoms with Gasteiger partial charge < -0.3 is 10.7 Å². The lowest BCUT2D eigenvalue weighted by Crippen LogP contribution is -2.25. The molecule has 0 aromatic carbocycles. The van der Waals surface area contributed by atoms with Gasteiger partial charge in [-0.3, -0.25) is 4.79 Å². The third kappa shape index (κ3) is 2.90. The number of urea groups is 1. The predicted molar refractivity (Wildman–Crippen MR) is 54.6 cm³/mol. The van der Waals surface area contributed by atoms with E-state index in [4.69, 9.17) is 5.73 Å². The standard InChI is InChI=1S/C8H11N5O2/c1-4-6(3-10-13-8(9)15)7(14)12-5(2)11-4/h3H,1-2H3,(H3,9,13,15)(H,11,12,14). The van der Waals surface area contributed by atoms with E-state index in [1.54, 1.807) is 13.8 Å². The lowest BCUT2D eigenvalue weighted by molar-refractivity contribution is 0.249. The van der Waals surface area contributed by atoms with Crippen LogP contribution in [0.4, 0.5) is 4.79 Å². The first kappa shape index (κ1) is 10.9. The molecule has 1 aromatic heterocycles. The topological polar surface area (TPSA) is 113 Å². The molecule has 0 bridgehead atoms. The zero-order valence-corrected chi connectivity index (χ0v) is 8.37. The second-order valence-electron chi connectivity index (χ2n) is 2.88. The number of amides is 2. The molecule has 0 radical (unpaired) electrons. The summed E-state index contributed by atoms with van der Waals surface area (Å²) in [5, 5.41) is 3.48. The number of aryl methyl sites for hydroxylation is 2. The van der Waals surface area contributed by atoms with Gasteiger partial charge in [-0.1, -0.05) is 0 Å². The van der Waals surface area contributed by atoms with Crippen molar-refractivity contribution < 1.29 is 4.79 Å². The van der Waals surface area contributed by atoms with Crippen LogP contribution in [0.2, 0.25) is 0 Å². The number of primary amides is 1. The third-order valence-electron chi connectivity index (χ3n) is 1.63. The van der Waals surface area contributed by atoms with Crippen LogP contribution in [0.25, 0.3) is 0 Å². The molecule has 1 aromatic rings. The number of hydrogen-bond acceptors (Lipinski definition) is 4. The number of nitrogens with one attached hydrogen (secondary N) is 2. The summed E-state index contributed by atoms with van der Waals surface area (Å²) in [4.78, 5) is 28.3. The van der Waals surface area contributed by atoms with Gasteiger partial charge in [-0.25, -0.2) is 15.2 Å². The number of aromatic amines is 1. The molecule has 0 aliphatic carbocycles. The van der Waals surface area contributed by atoms with Gasteiger partial charge in [0.2, 0.25) is 0 Å². The van der Waals surface area contributed by atoms with E-state index < -0.39 is 6.03 Å². The minimum Gasteiger partial charge on any atom is -0.350 e. The lowest BCUT2D eigenvalue weighted by Gasteiger charge is -1.99. The Morgan fingerprint density at radius 2 is 2.27 bits per heavy atom. The number of aromatic nitrogens is 2. The van der Waals surface area contributed by atoms with Gasteiger partial charge in [0.15, 0.2) is 0 Å². The van der Waals surface area contributed by atoms with Crippen LogP contribution >= 0.6 is 0 Å². The van der Waals surface area contributed by atoms with Crippen molar-refractivity contribution in [2.24, 2.45) is 10.8 Å². The van der Waals surface area contributed by atoms with Gasteiger partial charge in [-0.05, 0) is 13.8 Å². The van der Waals surface area contributed by atoms with Crippen LogP contribution in [0.1, 0.15) is 17.1 Å². The molecule has 0 saturated carbocycles. The molecule has 0 atom stereocenters. The molecule has 1 rings (SSSR count). The molecule has 1 heterocycles. The van der Waals surface area contributed by atoms with Crippen molar-refractivity contribution in [3.8, 4) is 0 Å². The van der Waals surface area contributed by atoms with Crippen molar-refractivity contribution in [1.82, 2.24) is 15.4 Å². The Labute approximate surface area is 85.4 Å². The SMILES string of the molecule is Cc1nc(C)c(C=NNC(N)=O)c(=O)[nH]1. The van der Waals surface area contributed by atoms with E-state index in [2.05, 4.69) is 15.1 Å². The first-order valence-corrected chi connectivity index (χ1v) is 4.16. The fourth-order valence-corrected chi connectivity index (χ4v) is 1.05. The lowest BCUT2D eigenvalue weighted by atomic mass is 10.2. The van der Waals surface area contributed by atoms with E-state index in [0.717, 1.165) is 0 Å². The van der Waals surface area contributed by atoms with Gasteiger partial charge >= 0.3 is 6.03 Å². The van der Waals surface area contributed by atoms with Crippen LogP contribution in [-0.4, -0.2) is 22.2 Å². The van der Waals surface area contributed by atoms with Gasteiger partial charge in [-0.15, -0.1) is 0 Å². The average Bonchev–Trinajstić information content (AvgIpc) is 2.08. The monoisotopic (exact) mass is 209 g/mol. The maximum atomic E-state index is 11.4. The van der Waals surface area contributed by atoms with Gasteiger partial charge in [0, 0.05) is 0 Å². The summed E-state index contributed by atoms with van der Waals surface area (Å²) >= 11 is 0. The van der Waals surface area contributed by atoms with Crippen molar-refractivity contribution in [1.29, 1.82) is 0 Å². The Kier molecular flexibility index (Phi) is 3.17. The highest BCUT2D eigenvalue weighted by Gasteiger charge is 2.03.